The van der Waals surface area contributed by atoms with E-state index in [0.29, 0.717) is 26.4 Å². The van der Waals surface area contributed by atoms with Gasteiger partial charge in [0, 0.05) is 13.7 Å². The Morgan fingerprint density at radius 2 is 1.92 bits per heavy atom. The molecule has 0 aliphatic heterocycles. The SMILES string of the molecule is CCOC(COCCOC)N(C)C. The largest absolute Gasteiger partial charge is 0.382 e. The molecule has 0 saturated carbocycles. The molecule has 0 amide bonds. The van der Waals surface area contributed by atoms with E-state index in [0.717, 1.165) is 0 Å². The predicted octanol–water partition coefficient (Wildman–Crippen LogP) is 0.574. The molecule has 0 spiro atoms. The van der Waals surface area contributed by atoms with E-state index < -0.39 is 0 Å². The molecule has 0 aliphatic rings. The van der Waals surface area contributed by atoms with Crippen molar-refractivity contribution < 1.29 is 14.2 Å². The van der Waals surface area contributed by atoms with Gasteiger partial charge in [0.2, 0.25) is 0 Å². The van der Waals surface area contributed by atoms with Crippen LogP contribution in [-0.2, 0) is 14.2 Å². The summed E-state index contributed by atoms with van der Waals surface area (Å²) in [5, 5.41) is 0. The molecule has 0 bridgehead atoms. The average molecular weight is 191 g/mol. The highest BCUT2D eigenvalue weighted by Crippen LogP contribution is 1.96. The van der Waals surface area contributed by atoms with E-state index in [1.54, 1.807) is 7.11 Å². The number of rotatable bonds is 8. The second-order valence-corrected chi connectivity index (χ2v) is 2.94. The van der Waals surface area contributed by atoms with E-state index in [4.69, 9.17) is 14.2 Å². The van der Waals surface area contributed by atoms with Crippen molar-refractivity contribution in [3.8, 4) is 0 Å². The van der Waals surface area contributed by atoms with Gasteiger partial charge in [0.25, 0.3) is 0 Å². The Bertz CT molecular complexity index is 109. The molecule has 0 heterocycles. The van der Waals surface area contributed by atoms with Crippen molar-refractivity contribution in [3.63, 3.8) is 0 Å². The quantitative estimate of drug-likeness (QED) is 0.415. The summed E-state index contributed by atoms with van der Waals surface area (Å²) in [7, 11) is 5.61. The first-order valence-corrected chi connectivity index (χ1v) is 4.57. The maximum absolute atomic E-state index is 5.44. The first-order valence-electron chi connectivity index (χ1n) is 4.57. The van der Waals surface area contributed by atoms with Crippen molar-refractivity contribution in [2.24, 2.45) is 0 Å². The van der Waals surface area contributed by atoms with Gasteiger partial charge in [0.05, 0.1) is 19.8 Å². The van der Waals surface area contributed by atoms with Crippen LogP contribution in [0.3, 0.4) is 0 Å². The van der Waals surface area contributed by atoms with Gasteiger partial charge in [0.15, 0.2) is 0 Å². The number of hydrogen-bond donors (Lipinski definition) is 0. The van der Waals surface area contributed by atoms with E-state index in [-0.39, 0.29) is 6.23 Å². The number of methoxy groups -OCH3 is 1. The van der Waals surface area contributed by atoms with Crippen molar-refractivity contribution in [1.29, 1.82) is 0 Å². The molecule has 0 aromatic rings. The van der Waals surface area contributed by atoms with Crippen LogP contribution in [0, 0.1) is 0 Å². The fourth-order valence-corrected chi connectivity index (χ4v) is 0.865. The van der Waals surface area contributed by atoms with Crippen LogP contribution in [0.4, 0.5) is 0 Å². The topological polar surface area (TPSA) is 30.9 Å². The van der Waals surface area contributed by atoms with E-state index in [1.165, 1.54) is 0 Å². The zero-order chi connectivity index (χ0) is 10.1. The van der Waals surface area contributed by atoms with Crippen LogP contribution in [-0.4, -0.2) is 58.8 Å². The third-order valence-corrected chi connectivity index (χ3v) is 1.63. The molecule has 1 atom stereocenters. The zero-order valence-corrected chi connectivity index (χ0v) is 9.08. The fourth-order valence-electron chi connectivity index (χ4n) is 0.865. The van der Waals surface area contributed by atoms with Crippen LogP contribution in [0.1, 0.15) is 6.92 Å². The molecular formula is C9H21NO3. The maximum Gasteiger partial charge on any atom is 0.133 e. The molecule has 0 rings (SSSR count). The Labute approximate surface area is 80.8 Å². The summed E-state index contributed by atoms with van der Waals surface area (Å²) in [6.45, 7) is 4.52. The second kappa shape index (κ2) is 8.44. The highest BCUT2D eigenvalue weighted by atomic mass is 16.6. The van der Waals surface area contributed by atoms with E-state index in [2.05, 4.69) is 0 Å². The maximum atomic E-state index is 5.44. The third-order valence-electron chi connectivity index (χ3n) is 1.63. The molecule has 4 nitrogen and oxygen atoms in total. The minimum Gasteiger partial charge on any atom is -0.382 e. The lowest BCUT2D eigenvalue weighted by atomic mass is 10.5. The van der Waals surface area contributed by atoms with Crippen LogP contribution in [0.2, 0.25) is 0 Å². The van der Waals surface area contributed by atoms with Gasteiger partial charge in [-0.05, 0) is 21.0 Å². The summed E-state index contributed by atoms with van der Waals surface area (Å²) in [6.07, 6.45) is 0.0434. The number of nitrogens with zero attached hydrogens (tertiary/aromatic N) is 1. The van der Waals surface area contributed by atoms with Crippen molar-refractivity contribution in [2.45, 2.75) is 13.2 Å². The summed E-state index contributed by atoms with van der Waals surface area (Å²) >= 11 is 0. The van der Waals surface area contributed by atoms with Gasteiger partial charge in [-0.25, -0.2) is 0 Å². The van der Waals surface area contributed by atoms with Crippen LogP contribution < -0.4 is 0 Å². The number of likely N-dealkylation sites (N-methyl/N-ethyl adjacent to an activating group) is 1. The molecule has 0 radical (unpaired) electrons. The molecule has 1 unspecified atom stereocenters. The Balaban J connectivity index is 3.45. The molecule has 0 fully saturated rings. The van der Waals surface area contributed by atoms with Gasteiger partial charge in [-0.15, -0.1) is 0 Å². The predicted molar refractivity (Wildman–Crippen MR) is 51.8 cm³/mol. The summed E-state index contributed by atoms with van der Waals surface area (Å²) in [6, 6.07) is 0. The normalized spacial score (nSPS) is 13.6. The molecule has 0 N–H and O–H groups in total. The molecule has 0 aromatic heterocycles. The summed E-state index contributed by atoms with van der Waals surface area (Å²) in [4.78, 5) is 2.00. The van der Waals surface area contributed by atoms with Gasteiger partial charge < -0.3 is 14.2 Å². The van der Waals surface area contributed by atoms with Gasteiger partial charge in [-0.1, -0.05) is 0 Å². The zero-order valence-electron chi connectivity index (χ0n) is 9.08. The molecule has 13 heavy (non-hydrogen) atoms. The van der Waals surface area contributed by atoms with Crippen molar-refractivity contribution >= 4 is 0 Å². The highest BCUT2D eigenvalue weighted by molar-refractivity contribution is 4.51. The standard InChI is InChI=1S/C9H21NO3/c1-5-13-9(10(2)3)8-12-7-6-11-4/h9H,5-8H2,1-4H3. The highest BCUT2D eigenvalue weighted by Gasteiger charge is 2.10. The summed E-state index contributed by atoms with van der Waals surface area (Å²) in [5.41, 5.74) is 0. The Hall–Kier alpha value is -0.160. The molecule has 4 heteroatoms. The molecule has 0 aliphatic carbocycles. The van der Waals surface area contributed by atoms with Crippen molar-refractivity contribution in [1.82, 2.24) is 4.90 Å². The average Bonchev–Trinajstić information content (AvgIpc) is 2.10. The molecule has 0 saturated heterocycles. The first kappa shape index (κ1) is 12.8. The minimum absolute atomic E-state index is 0.0434. The Morgan fingerprint density at radius 1 is 1.23 bits per heavy atom. The van der Waals surface area contributed by atoms with Crippen molar-refractivity contribution in [3.05, 3.63) is 0 Å². The molecule has 80 valence electrons. The number of ether oxygens (including phenoxy) is 3. The van der Waals surface area contributed by atoms with Gasteiger partial charge in [-0.3, -0.25) is 4.90 Å². The first-order chi connectivity index (χ1) is 6.22. The summed E-state index contributed by atoms with van der Waals surface area (Å²) in [5.74, 6) is 0. The second-order valence-electron chi connectivity index (χ2n) is 2.94. The van der Waals surface area contributed by atoms with Crippen LogP contribution in [0.15, 0.2) is 0 Å². The molecular weight excluding hydrogens is 170 g/mol. The van der Waals surface area contributed by atoms with Crippen LogP contribution in [0.5, 0.6) is 0 Å². The van der Waals surface area contributed by atoms with E-state index >= 15 is 0 Å². The Morgan fingerprint density at radius 3 is 2.38 bits per heavy atom. The van der Waals surface area contributed by atoms with Gasteiger partial charge in [0.1, 0.15) is 6.23 Å². The summed E-state index contributed by atoms with van der Waals surface area (Å²) < 4.78 is 15.7. The van der Waals surface area contributed by atoms with Crippen LogP contribution in [0.25, 0.3) is 0 Å². The van der Waals surface area contributed by atoms with Crippen molar-refractivity contribution in [2.75, 3.05) is 47.6 Å². The minimum atomic E-state index is 0.0434. The van der Waals surface area contributed by atoms with Gasteiger partial charge >= 0.3 is 0 Å². The Kier molecular flexibility index (Phi) is 8.33. The van der Waals surface area contributed by atoms with E-state index in [9.17, 15) is 0 Å². The van der Waals surface area contributed by atoms with Gasteiger partial charge in [-0.2, -0.15) is 0 Å². The number of hydrogen-bond acceptors (Lipinski definition) is 4. The fraction of sp³-hybridized carbons (Fsp3) is 1.00. The molecule has 0 aromatic carbocycles. The lowest BCUT2D eigenvalue weighted by molar-refractivity contribution is -0.0853. The lowest BCUT2D eigenvalue weighted by Gasteiger charge is -2.23. The monoisotopic (exact) mass is 191 g/mol. The third kappa shape index (κ3) is 6.95. The lowest BCUT2D eigenvalue weighted by Crippen LogP contribution is -2.35. The smallest absolute Gasteiger partial charge is 0.133 e. The van der Waals surface area contributed by atoms with Crippen LogP contribution >= 0.6 is 0 Å². The van der Waals surface area contributed by atoms with E-state index in [1.807, 2.05) is 25.9 Å².